The van der Waals surface area contributed by atoms with Crippen molar-refractivity contribution in [3.8, 4) is 0 Å². The van der Waals surface area contributed by atoms with Crippen molar-refractivity contribution in [1.29, 1.82) is 0 Å². The van der Waals surface area contributed by atoms with Crippen LogP contribution in [0.4, 0.5) is 0 Å². The Kier molecular flexibility index (Phi) is 4.55. The van der Waals surface area contributed by atoms with Gasteiger partial charge < -0.3 is 16.2 Å². The second kappa shape index (κ2) is 4.75. The predicted octanol–water partition coefficient (Wildman–Crippen LogP) is 0.391. The highest BCUT2D eigenvalue weighted by Gasteiger charge is 2.29. The number of rotatable bonds is 5. The Morgan fingerprint density at radius 3 is 2.21 bits per heavy atom. The topological polar surface area (TPSA) is 75.3 Å². The third-order valence-electron chi connectivity index (χ3n) is 2.44. The fourth-order valence-electron chi connectivity index (χ4n) is 1.01. The molecule has 84 valence electrons. The van der Waals surface area contributed by atoms with Gasteiger partial charge >= 0.3 is 0 Å². The smallest absolute Gasteiger partial charge is 0.239 e. The van der Waals surface area contributed by atoms with Gasteiger partial charge in [0.2, 0.25) is 5.91 Å². The maximum absolute atomic E-state index is 11.6. The molecule has 0 radical (unpaired) electrons. The van der Waals surface area contributed by atoms with Crippen molar-refractivity contribution in [2.75, 3.05) is 6.61 Å². The Morgan fingerprint density at radius 2 is 1.93 bits per heavy atom. The van der Waals surface area contributed by atoms with E-state index in [0.29, 0.717) is 6.42 Å². The van der Waals surface area contributed by atoms with Gasteiger partial charge in [-0.1, -0.05) is 6.92 Å². The van der Waals surface area contributed by atoms with Crippen LogP contribution in [-0.2, 0) is 4.79 Å². The van der Waals surface area contributed by atoms with E-state index in [1.165, 1.54) is 0 Å². The summed E-state index contributed by atoms with van der Waals surface area (Å²) in [7, 11) is 0. The number of amides is 1. The van der Waals surface area contributed by atoms with Crippen LogP contribution in [0, 0.1) is 0 Å². The van der Waals surface area contributed by atoms with Gasteiger partial charge in [-0.15, -0.1) is 0 Å². The summed E-state index contributed by atoms with van der Waals surface area (Å²) in [6.45, 7) is 7.27. The Bertz CT molecular complexity index is 199. The second-order valence-electron chi connectivity index (χ2n) is 4.56. The average molecular weight is 202 g/mol. The summed E-state index contributed by atoms with van der Waals surface area (Å²) in [5.74, 6) is -0.185. The SMILES string of the molecule is CCC(C)(CCO)NC(=O)C(C)(C)N. The molecular formula is C10H22N2O2. The van der Waals surface area contributed by atoms with Gasteiger partial charge in [0.15, 0.2) is 0 Å². The molecule has 0 saturated heterocycles. The molecule has 4 N–H and O–H groups in total. The van der Waals surface area contributed by atoms with Crippen LogP contribution in [0.1, 0.15) is 40.5 Å². The minimum absolute atomic E-state index is 0.0651. The van der Waals surface area contributed by atoms with Crippen molar-refractivity contribution in [1.82, 2.24) is 5.32 Å². The lowest BCUT2D eigenvalue weighted by Crippen LogP contribution is -2.56. The van der Waals surface area contributed by atoms with E-state index in [-0.39, 0.29) is 18.1 Å². The third-order valence-corrected chi connectivity index (χ3v) is 2.44. The molecule has 4 nitrogen and oxygen atoms in total. The number of aliphatic hydroxyl groups excluding tert-OH is 1. The standard InChI is InChI=1S/C10H22N2O2/c1-5-10(4,6-7-13)12-8(14)9(2,3)11/h13H,5-7,11H2,1-4H3,(H,12,14). The van der Waals surface area contributed by atoms with Crippen LogP contribution in [0.2, 0.25) is 0 Å². The van der Waals surface area contributed by atoms with Crippen LogP contribution in [0.5, 0.6) is 0 Å². The van der Waals surface area contributed by atoms with E-state index in [2.05, 4.69) is 5.32 Å². The molecule has 0 fully saturated rings. The molecule has 0 aromatic heterocycles. The minimum Gasteiger partial charge on any atom is -0.396 e. The molecule has 0 aromatic carbocycles. The monoisotopic (exact) mass is 202 g/mol. The Hall–Kier alpha value is -0.610. The van der Waals surface area contributed by atoms with Gasteiger partial charge in [-0.25, -0.2) is 0 Å². The van der Waals surface area contributed by atoms with Crippen molar-refractivity contribution in [2.45, 2.75) is 51.6 Å². The normalized spacial score (nSPS) is 16.1. The third kappa shape index (κ3) is 4.07. The lowest BCUT2D eigenvalue weighted by Gasteiger charge is -2.32. The largest absolute Gasteiger partial charge is 0.396 e. The fourth-order valence-corrected chi connectivity index (χ4v) is 1.01. The van der Waals surface area contributed by atoms with Gasteiger partial charge in [-0.2, -0.15) is 0 Å². The second-order valence-corrected chi connectivity index (χ2v) is 4.56. The zero-order chi connectivity index (χ0) is 11.4. The summed E-state index contributed by atoms with van der Waals surface area (Å²) in [5, 5.41) is 11.7. The molecule has 0 rings (SSSR count). The van der Waals surface area contributed by atoms with Crippen LogP contribution in [-0.4, -0.2) is 28.7 Å². The van der Waals surface area contributed by atoms with Gasteiger partial charge in [-0.05, 0) is 33.6 Å². The van der Waals surface area contributed by atoms with Crippen molar-refractivity contribution >= 4 is 5.91 Å². The maximum atomic E-state index is 11.6. The molecule has 1 atom stereocenters. The molecular weight excluding hydrogens is 180 g/mol. The number of aliphatic hydroxyl groups is 1. The van der Waals surface area contributed by atoms with Crippen LogP contribution in [0.3, 0.4) is 0 Å². The molecule has 4 heteroatoms. The van der Waals surface area contributed by atoms with E-state index in [9.17, 15) is 4.79 Å². The van der Waals surface area contributed by atoms with Crippen molar-refractivity contribution < 1.29 is 9.90 Å². The first-order valence-electron chi connectivity index (χ1n) is 4.97. The predicted molar refractivity (Wildman–Crippen MR) is 56.8 cm³/mol. The van der Waals surface area contributed by atoms with E-state index < -0.39 is 5.54 Å². The van der Waals surface area contributed by atoms with Crippen molar-refractivity contribution in [2.24, 2.45) is 5.73 Å². The fraction of sp³-hybridized carbons (Fsp3) is 0.900. The Labute approximate surface area is 85.9 Å². The number of hydrogen-bond acceptors (Lipinski definition) is 3. The summed E-state index contributed by atoms with van der Waals surface area (Å²) in [6, 6.07) is 0. The van der Waals surface area contributed by atoms with Crippen LogP contribution >= 0.6 is 0 Å². The van der Waals surface area contributed by atoms with E-state index in [0.717, 1.165) is 6.42 Å². The molecule has 0 heterocycles. The molecule has 14 heavy (non-hydrogen) atoms. The van der Waals surface area contributed by atoms with Crippen LogP contribution in [0.25, 0.3) is 0 Å². The quantitative estimate of drug-likeness (QED) is 0.603. The summed E-state index contributed by atoms with van der Waals surface area (Å²) in [6.07, 6.45) is 1.32. The van der Waals surface area contributed by atoms with Crippen LogP contribution < -0.4 is 11.1 Å². The summed E-state index contributed by atoms with van der Waals surface area (Å²) < 4.78 is 0. The molecule has 1 amide bonds. The van der Waals surface area contributed by atoms with Crippen LogP contribution in [0.15, 0.2) is 0 Å². The van der Waals surface area contributed by atoms with E-state index in [1.54, 1.807) is 13.8 Å². The van der Waals surface area contributed by atoms with Gasteiger partial charge in [0.05, 0.1) is 5.54 Å². The van der Waals surface area contributed by atoms with Crippen molar-refractivity contribution in [3.05, 3.63) is 0 Å². The molecule has 0 saturated carbocycles. The summed E-state index contributed by atoms with van der Waals surface area (Å²) in [5.41, 5.74) is 4.43. The molecule has 1 unspecified atom stereocenters. The van der Waals surface area contributed by atoms with E-state index in [1.807, 2.05) is 13.8 Å². The number of carbonyl (C=O) groups is 1. The number of nitrogens with one attached hydrogen (secondary N) is 1. The number of carbonyl (C=O) groups excluding carboxylic acids is 1. The molecule has 0 aliphatic rings. The zero-order valence-electron chi connectivity index (χ0n) is 9.55. The first kappa shape index (κ1) is 13.4. The summed E-state index contributed by atoms with van der Waals surface area (Å²) in [4.78, 5) is 11.6. The first-order valence-corrected chi connectivity index (χ1v) is 4.97. The summed E-state index contributed by atoms with van der Waals surface area (Å²) >= 11 is 0. The highest BCUT2D eigenvalue weighted by Crippen LogP contribution is 2.14. The zero-order valence-corrected chi connectivity index (χ0v) is 9.55. The molecule has 0 spiro atoms. The molecule has 0 aliphatic carbocycles. The van der Waals surface area contributed by atoms with Gasteiger partial charge in [-0.3, -0.25) is 4.79 Å². The lowest BCUT2D eigenvalue weighted by atomic mass is 9.93. The Balaban J connectivity index is 4.39. The first-order chi connectivity index (χ1) is 6.25. The van der Waals surface area contributed by atoms with Crippen molar-refractivity contribution in [3.63, 3.8) is 0 Å². The van der Waals surface area contributed by atoms with E-state index >= 15 is 0 Å². The number of hydrogen-bond donors (Lipinski definition) is 3. The maximum Gasteiger partial charge on any atom is 0.239 e. The van der Waals surface area contributed by atoms with Gasteiger partial charge in [0.1, 0.15) is 0 Å². The highest BCUT2D eigenvalue weighted by molar-refractivity contribution is 5.85. The molecule has 0 aromatic rings. The Morgan fingerprint density at radius 1 is 1.43 bits per heavy atom. The molecule has 0 aliphatic heterocycles. The highest BCUT2D eigenvalue weighted by atomic mass is 16.3. The van der Waals surface area contributed by atoms with Gasteiger partial charge in [0, 0.05) is 12.1 Å². The average Bonchev–Trinajstić information content (AvgIpc) is 2.03. The lowest BCUT2D eigenvalue weighted by molar-refractivity contribution is -0.127. The molecule has 0 bridgehead atoms. The van der Waals surface area contributed by atoms with Gasteiger partial charge in [0.25, 0.3) is 0 Å². The minimum atomic E-state index is -0.869. The van der Waals surface area contributed by atoms with E-state index in [4.69, 9.17) is 10.8 Å². The number of nitrogens with two attached hydrogens (primary N) is 1.